The molecule has 1 N–H and O–H groups in total. The second-order valence-corrected chi connectivity index (χ2v) is 7.05. The third-order valence-electron chi connectivity index (χ3n) is 3.72. The number of aromatic nitrogens is 4. The fourth-order valence-electron chi connectivity index (χ4n) is 2.44. The summed E-state index contributed by atoms with van der Waals surface area (Å²) in [4.78, 5) is 26.7. The van der Waals surface area contributed by atoms with Gasteiger partial charge in [0.2, 0.25) is 5.91 Å². The number of hydrogen-bond acceptors (Lipinski definition) is 7. The molecular weight excluding hydrogens is 416 g/mol. The first-order valence-electron chi connectivity index (χ1n) is 8.30. The summed E-state index contributed by atoms with van der Waals surface area (Å²) in [5.74, 6) is 0.248. The Morgan fingerprint density at radius 3 is 2.90 bits per heavy atom. The maximum Gasteiger partial charge on any atom is 0.271 e. The fourth-order valence-corrected chi connectivity index (χ4v) is 3.35. The van der Waals surface area contributed by atoms with Gasteiger partial charge in [0.15, 0.2) is 11.0 Å². The summed E-state index contributed by atoms with van der Waals surface area (Å²) in [6.07, 6.45) is 5.04. The molecule has 2 heterocycles. The molecule has 0 aliphatic heterocycles. The number of carbonyl (C=O) groups excluding carboxylic acids is 1. The number of carbonyl (C=O) groups is 1. The molecule has 0 aliphatic carbocycles. The van der Waals surface area contributed by atoms with Gasteiger partial charge in [0, 0.05) is 36.6 Å². The molecule has 0 unspecified atom stereocenters. The zero-order valence-electron chi connectivity index (χ0n) is 15.0. The summed E-state index contributed by atoms with van der Waals surface area (Å²) in [5, 5.41) is 22.6. The van der Waals surface area contributed by atoms with Crippen molar-refractivity contribution in [2.75, 3.05) is 11.1 Å². The van der Waals surface area contributed by atoms with Gasteiger partial charge < -0.3 is 5.32 Å². The molecule has 0 saturated carbocycles. The number of rotatable bonds is 8. The van der Waals surface area contributed by atoms with Crippen LogP contribution in [0.3, 0.4) is 0 Å². The lowest BCUT2D eigenvalue weighted by molar-refractivity contribution is -0.384. The van der Waals surface area contributed by atoms with Gasteiger partial charge in [-0.2, -0.15) is 0 Å². The first-order chi connectivity index (χ1) is 14.0. The molecule has 3 aromatic rings. The minimum Gasteiger partial charge on any atom is -0.324 e. The molecule has 2 aromatic heterocycles. The van der Waals surface area contributed by atoms with Gasteiger partial charge in [0.05, 0.1) is 21.4 Å². The normalized spacial score (nSPS) is 10.5. The van der Waals surface area contributed by atoms with Crippen molar-refractivity contribution in [2.24, 2.45) is 0 Å². The Hall–Kier alpha value is -3.24. The molecule has 0 fully saturated rings. The molecule has 0 spiro atoms. The number of non-ortho nitro benzene ring substituents is 1. The number of halogens is 1. The number of nitro groups is 1. The Bertz CT molecular complexity index is 1060. The highest BCUT2D eigenvalue weighted by Gasteiger charge is 2.16. The van der Waals surface area contributed by atoms with Crippen LogP contribution in [-0.4, -0.2) is 36.3 Å². The molecule has 3 rings (SSSR count). The Morgan fingerprint density at radius 2 is 2.21 bits per heavy atom. The van der Waals surface area contributed by atoms with Gasteiger partial charge in [-0.25, -0.2) is 0 Å². The van der Waals surface area contributed by atoms with Crippen LogP contribution in [0.15, 0.2) is 60.5 Å². The molecule has 148 valence electrons. The number of amides is 1. The first-order valence-corrected chi connectivity index (χ1v) is 9.67. The lowest BCUT2D eigenvalue weighted by atomic mass is 10.3. The Morgan fingerprint density at radius 1 is 1.38 bits per heavy atom. The quantitative estimate of drug-likeness (QED) is 0.250. The van der Waals surface area contributed by atoms with Crippen molar-refractivity contribution in [3.05, 3.63) is 70.5 Å². The smallest absolute Gasteiger partial charge is 0.271 e. The highest BCUT2D eigenvalue weighted by Crippen LogP contribution is 2.28. The van der Waals surface area contributed by atoms with Gasteiger partial charge in [-0.3, -0.25) is 24.5 Å². The fraction of sp³-hybridized carbons (Fsp3) is 0.111. The number of nitrogens with zero attached hydrogens (tertiary/aromatic N) is 5. The van der Waals surface area contributed by atoms with Crippen LogP contribution in [0.1, 0.15) is 0 Å². The van der Waals surface area contributed by atoms with Gasteiger partial charge in [0.1, 0.15) is 0 Å². The molecule has 1 aromatic carbocycles. The predicted octanol–water partition coefficient (Wildman–Crippen LogP) is 3.82. The predicted molar refractivity (Wildman–Crippen MR) is 111 cm³/mol. The zero-order valence-corrected chi connectivity index (χ0v) is 16.6. The number of nitro benzene ring substituents is 1. The van der Waals surface area contributed by atoms with E-state index in [0.717, 1.165) is 5.56 Å². The van der Waals surface area contributed by atoms with E-state index < -0.39 is 4.92 Å². The molecule has 11 heteroatoms. The molecule has 0 atom stereocenters. The number of allylic oxidation sites excluding steroid dienone is 1. The Kier molecular flexibility index (Phi) is 6.57. The molecule has 0 radical (unpaired) electrons. The zero-order chi connectivity index (χ0) is 20.8. The lowest BCUT2D eigenvalue weighted by Crippen LogP contribution is -2.15. The number of nitrogens with one attached hydrogen (secondary N) is 1. The maximum absolute atomic E-state index is 12.3. The topological polar surface area (TPSA) is 116 Å². The highest BCUT2D eigenvalue weighted by atomic mass is 35.5. The number of hydrogen-bond donors (Lipinski definition) is 1. The number of benzene rings is 1. The molecular formula is C18H15ClN6O3S. The Labute approximate surface area is 175 Å². The van der Waals surface area contributed by atoms with Crippen LogP contribution in [0, 0.1) is 10.1 Å². The van der Waals surface area contributed by atoms with Crippen LogP contribution in [0.2, 0.25) is 5.02 Å². The monoisotopic (exact) mass is 430 g/mol. The third-order valence-corrected chi connectivity index (χ3v) is 5.01. The van der Waals surface area contributed by atoms with Crippen LogP contribution in [0.5, 0.6) is 0 Å². The van der Waals surface area contributed by atoms with E-state index in [1.54, 1.807) is 24.5 Å². The number of pyridine rings is 1. The molecule has 1 amide bonds. The van der Waals surface area contributed by atoms with Crippen LogP contribution >= 0.6 is 23.4 Å². The Balaban J connectivity index is 1.72. The van der Waals surface area contributed by atoms with E-state index in [4.69, 9.17) is 11.6 Å². The van der Waals surface area contributed by atoms with Crippen molar-refractivity contribution in [1.82, 2.24) is 19.7 Å². The molecule has 9 nitrogen and oxygen atoms in total. The second kappa shape index (κ2) is 9.30. The van der Waals surface area contributed by atoms with Crippen molar-refractivity contribution in [3.63, 3.8) is 0 Å². The largest absolute Gasteiger partial charge is 0.324 e. The van der Waals surface area contributed by atoms with Gasteiger partial charge >= 0.3 is 0 Å². The molecule has 0 bridgehead atoms. The molecule has 29 heavy (non-hydrogen) atoms. The van der Waals surface area contributed by atoms with Crippen molar-refractivity contribution in [1.29, 1.82) is 0 Å². The summed E-state index contributed by atoms with van der Waals surface area (Å²) in [7, 11) is 0. The van der Waals surface area contributed by atoms with E-state index in [0.29, 0.717) is 17.5 Å². The van der Waals surface area contributed by atoms with Gasteiger partial charge in [-0.1, -0.05) is 29.4 Å². The van der Waals surface area contributed by atoms with Crippen molar-refractivity contribution in [2.45, 2.75) is 11.7 Å². The van der Waals surface area contributed by atoms with Crippen molar-refractivity contribution < 1.29 is 9.72 Å². The minimum atomic E-state index is -0.557. The van der Waals surface area contributed by atoms with Gasteiger partial charge in [0.25, 0.3) is 5.69 Å². The van der Waals surface area contributed by atoms with Crippen molar-refractivity contribution in [3.8, 4) is 11.4 Å². The average molecular weight is 431 g/mol. The lowest BCUT2D eigenvalue weighted by Gasteiger charge is -2.09. The number of thioether (sulfide) groups is 1. The van der Waals surface area contributed by atoms with Crippen LogP contribution in [0.4, 0.5) is 11.4 Å². The van der Waals surface area contributed by atoms with E-state index in [-0.39, 0.29) is 28.1 Å². The summed E-state index contributed by atoms with van der Waals surface area (Å²) >= 11 is 7.19. The van der Waals surface area contributed by atoms with Crippen molar-refractivity contribution >= 4 is 40.6 Å². The first kappa shape index (κ1) is 20.5. The van der Waals surface area contributed by atoms with Crippen LogP contribution < -0.4 is 5.32 Å². The van der Waals surface area contributed by atoms with E-state index in [1.165, 1.54) is 30.0 Å². The summed E-state index contributed by atoms with van der Waals surface area (Å²) in [6.45, 7) is 4.20. The SMILES string of the molecule is C=CCn1c(SCC(=O)Nc2cc([N+](=O)[O-])ccc2Cl)nnc1-c1cccnc1. The standard InChI is InChI=1S/C18H15ClN6O3S/c1-2-8-24-17(12-4-3-7-20-10-12)22-23-18(24)29-11-16(26)21-15-9-13(25(27)28)5-6-14(15)19/h2-7,9-10H,1,8,11H2,(H,21,26). The van der Waals surface area contributed by atoms with E-state index in [2.05, 4.69) is 27.1 Å². The van der Waals surface area contributed by atoms with Gasteiger partial charge in [-0.05, 0) is 18.2 Å². The van der Waals surface area contributed by atoms with Gasteiger partial charge in [-0.15, -0.1) is 16.8 Å². The highest BCUT2D eigenvalue weighted by molar-refractivity contribution is 7.99. The minimum absolute atomic E-state index is 0.0152. The molecule has 0 aliphatic rings. The number of anilines is 1. The average Bonchev–Trinajstić information content (AvgIpc) is 3.11. The van der Waals surface area contributed by atoms with E-state index >= 15 is 0 Å². The summed E-state index contributed by atoms with van der Waals surface area (Å²) < 4.78 is 1.82. The summed E-state index contributed by atoms with van der Waals surface area (Å²) in [5.41, 5.74) is 0.806. The maximum atomic E-state index is 12.3. The second-order valence-electron chi connectivity index (χ2n) is 5.71. The molecule has 0 saturated heterocycles. The van der Waals surface area contributed by atoms with E-state index in [9.17, 15) is 14.9 Å². The third kappa shape index (κ3) is 4.98. The van der Waals surface area contributed by atoms with Crippen LogP contribution in [0.25, 0.3) is 11.4 Å². The van der Waals surface area contributed by atoms with E-state index in [1.807, 2.05) is 10.6 Å². The summed E-state index contributed by atoms with van der Waals surface area (Å²) in [6, 6.07) is 7.51. The van der Waals surface area contributed by atoms with Crippen LogP contribution in [-0.2, 0) is 11.3 Å².